The van der Waals surface area contributed by atoms with Gasteiger partial charge in [0, 0.05) is 13.1 Å². The minimum Gasteiger partial charge on any atom is -0.493 e. The zero-order valence-corrected chi connectivity index (χ0v) is 12.0. The number of likely N-dealkylation sites (N-methyl/N-ethyl adjacent to an activating group) is 1. The Morgan fingerprint density at radius 2 is 2.05 bits per heavy atom. The molecule has 1 rings (SSSR count). The van der Waals surface area contributed by atoms with Gasteiger partial charge in [0.15, 0.2) is 5.56 Å². The molecule has 0 bridgehead atoms. The summed E-state index contributed by atoms with van der Waals surface area (Å²) in [4.78, 5) is 35.0. The van der Waals surface area contributed by atoms with E-state index in [2.05, 4.69) is 4.74 Å². The smallest absolute Gasteiger partial charge is 0.325 e. The molecular weight excluding hydrogens is 280 g/mol. The maximum absolute atomic E-state index is 12.4. The van der Waals surface area contributed by atoms with E-state index < -0.39 is 16.8 Å². The van der Waals surface area contributed by atoms with E-state index in [4.69, 9.17) is 4.74 Å². The van der Waals surface area contributed by atoms with Gasteiger partial charge in [-0.25, -0.2) is 0 Å². The molecule has 0 heterocycles. The summed E-state index contributed by atoms with van der Waals surface area (Å²) in [7, 11) is 2.54. The Morgan fingerprint density at radius 1 is 1.38 bits per heavy atom. The number of rotatable bonds is 6. The molecule has 0 spiro atoms. The second-order valence-electron chi connectivity index (χ2n) is 4.08. The van der Waals surface area contributed by atoms with Crippen LogP contribution in [0.1, 0.15) is 17.3 Å². The summed E-state index contributed by atoms with van der Waals surface area (Å²) in [6.07, 6.45) is 0. The number of benzene rings is 1. The average molecular weight is 296 g/mol. The van der Waals surface area contributed by atoms with Crippen LogP contribution in [0.2, 0.25) is 0 Å². The Balaban J connectivity index is 3.22. The second-order valence-corrected chi connectivity index (χ2v) is 4.08. The third-order valence-corrected chi connectivity index (χ3v) is 2.66. The van der Waals surface area contributed by atoms with Crippen LogP contribution in [0.3, 0.4) is 0 Å². The Kier molecular flexibility index (Phi) is 5.65. The van der Waals surface area contributed by atoms with Crippen molar-refractivity contribution in [2.45, 2.75) is 6.92 Å². The number of nitro groups is 1. The molecule has 0 unspecified atom stereocenters. The summed E-state index contributed by atoms with van der Waals surface area (Å²) in [5, 5.41) is 11.1. The fraction of sp³-hybridized carbons (Fsp3) is 0.385. The van der Waals surface area contributed by atoms with Crippen molar-refractivity contribution in [2.75, 3.05) is 27.3 Å². The van der Waals surface area contributed by atoms with Gasteiger partial charge in [-0.3, -0.25) is 19.7 Å². The lowest BCUT2D eigenvalue weighted by Gasteiger charge is -2.17. The van der Waals surface area contributed by atoms with Crippen molar-refractivity contribution in [3.63, 3.8) is 0 Å². The van der Waals surface area contributed by atoms with Crippen LogP contribution in [0.4, 0.5) is 5.69 Å². The standard InChI is InChI=1S/C13H16N2O6/c1-4-21-10-7-5-6-9(15(18)19)12(10)13(17)14(2)8-11(16)20-3/h5-7H,4,8H2,1-3H3. The molecule has 8 heteroatoms. The van der Waals surface area contributed by atoms with Gasteiger partial charge in [-0.05, 0) is 13.0 Å². The van der Waals surface area contributed by atoms with Crippen LogP contribution >= 0.6 is 0 Å². The fourth-order valence-electron chi connectivity index (χ4n) is 1.68. The van der Waals surface area contributed by atoms with E-state index in [1.807, 2.05) is 0 Å². The van der Waals surface area contributed by atoms with Crippen LogP contribution < -0.4 is 4.74 Å². The number of esters is 1. The first-order chi connectivity index (χ1) is 9.92. The minimum absolute atomic E-state index is 0.105. The molecule has 1 aromatic carbocycles. The van der Waals surface area contributed by atoms with Gasteiger partial charge in [-0.15, -0.1) is 0 Å². The summed E-state index contributed by atoms with van der Waals surface area (Å²) in [5.74, 6) is -1.20. The molecule has 0 atom stereocenters. The molecular formula is C13H16N2O6. The van der Waals surface area contributed by atoms with Gasteiger partial charge in [0.2, 0.25) is 0 Å². The van der Waals surface area contributed by atoms with Crippen molar-refractivity contribution in [2.24, 2.45) is 0 Å². The molecule has 0 aliphatic carbocycles. The summed E-state index contributed by atoms with van der Waals surface area (Å²) < 4.78 is 9.73. The molecule has 0 fully saturated rings. The molecule has 0 aliphatic rings. The lowest BCUT2D eigenvalue weighted by molar-refractivity contribution is -0.385. The van der Waals surface area contributed by atoms with Crippen molar-refractivity contribution in [1.82, 2.24) is 4.90 Å². The van der Waals surface area contributed by atoms with Gasteiger partial charge in [-0.2, -0.15) is 0 Å². The first-order valence-corrected chi connectivity index (χ1v) is 6.14. The lowest BCUT2D eigenvalue weighted by Crippen LogP contribution is -2.33. The van der Waals surface area contributed by atoms with E-state index in [1.54, 1.807) is 6.92 Å². The van der Waals surface area contributed by atoms with E-state index in [1.165, 1.54) is 32.4 Å². The minimum atomic E-state index is -0.684. The highest BCUT2D eigenvalue weighted by Crippen LogP contribution is 2.29. The van der Waals surface area contributed by atoms with Crippen molar-refractivity contribution in [1.29, 1.82) is 0 Å². The molecule has 21 heavy (non-hydrogen) atoms. The SMILES string of the molecule is CCOc1cccc([N+](=O)[O-])c1C(=O)N(C)CC(=O)OC. The average Bonchev–Trinajstić information content (AvgIpc) is 2.46. The maximum Gasteiger partial charge on any atom is 0.325 e. The van der Waals surface area contributed by atoms with E-state index in [0.717, 1.165) is 4.90 Å². The molecule has 0 saturated carbocycles. The number of amides is 1. The number of hydrogen-bond donors (Lipinski definition) is 0. The summed E-state index contributed by atoms with van der Waals surface area (Å²) in [5.41, 5.74) is -0.557. The predicted octanol–water partition coefficient (Wildman–Crippen LogP) is 1.24. The lowest BCUT2D eigenvalue weighted by atomic mass is 10.1. The van der Waals surface area contributed by atoms with Gasteiger partial charge < -0.3 is 14.4 Å². The number of nitrogens with zero attached hydrogens (tertiary/aromatic N) is 2. The van der Waals surface area contributed by atoms with Crippen molar-refractivity contribution in [3.8, 4) is 5.75 Å². The highest BCUT2D eigenvalue weighted by Gasteiger charge is 2.28. The highest BCUT2D eigenvalue weighted by molar-refractivity contribution is 6.01. The largest absolute Gasteiger partial charge is 0.493 e. The van der Waals surface area contributed by atoms with Crippen LogP contribution in [0.25, 0.3) is 0 Å². The normalized spacial score (nSPS) is 9.86. The van der Waals surface area contributed by atoms with Crippen molar-refractivity contribution >= 4 is 17.6 Å². The number of nitro benzene ring substituents is 1. The highest BCUT2D eigenvalue weighted by atomic mass is 16.6. The molecule has 8 nitrogen and oxygen atoms in total. The van der Waals surface area contributed by atoms with Crippen LogP contribution in [0, 0.1) is 10.1 Å². The first-order valence-electron chi connectivity index (χ1n) is 6.14. The van der Waals surface area contributed by atoms with Gasteiger partial charge in [-0.1, -0.05) is 6.07 Å². The number of methoxy groups -OCH3 is 1. The van der Waals surface area contributed by atoms with E-state index in [0.29, 0.717) is 0 Å². The first kappa shape index (κ1) is 16.4. The van der Waals surface area contributed by atoms with E-state index in [-0.39, 0.29) is 30.2 Å². The summed E-state index contributed by atoms with van der Waals surface area (Å²) in [6.45, 7) is 1.64. The molecule has 114 valence electrons. The predicted molar refractivity (Wildman–Crippen MR) is 73.2 cm³/mol. The topological polar surface area (TPSA) is 99.0 Å². The number of carbonyl (C=O) groups is 2. The number of ether oxygens (including phenoxy) is 2. The molecule has 1 amide bonds. The third kappa shape index (κ3) is 3.91. The maximum atomic E-state index is 12.4. The zero-order valence-electron chi connectivity index (χ0n) is 12.0. The molecule has 0 saturated heterocycles. The van der Waals surface area contributed by atoms with Crippen LogP contribution in [0.5, 0.6) is 5.75 Å². The third-order valence-electron chi connectivity index (χ3n) is 2.66. The van der Waals surface area contributed by atoms with Crippen LogP contribution in [0.15, 0.2) is 18.2 Å². The zero-order chi connectivity index (χ0) is 16.0. The Labute approximate surface area is 121 Å². The monoisotopic (exact) mass is 296 g/mol. The molecule has 1 aromatic rings. The van der Waals surface area contributed by atoms with Gasteiger partial charge in [0.25, 0.3) is 11.6 Å². The van der Waals surface area contributed by atoms with Crippen molar-refractivity contribution in [3.05, 3.63) is 33.9 Å². The fourth-order valence-corrected chi connectivity index (χ4v) is 1.68. The van der Waals surface area contributed by atoms with E-state index >= 15 is 0 Å². The summed E-state index contributed by atoms with van der Waals surface area (Å²) in [6, 6.07) is 4.11. The number of carbonyl (C=O) groups excluding carboxylic acids is 2. The second kappa shape index (κ2) is 7.22. The van der Waals surface area contributed by atoms with Crippen LogP contribution in [-0.2, 0) is 9.53 Å². The Bertz CT molecular complexity index is 558. The molecule has 0 aliphatic heterocycles. The van der Waals surface area contributed by atoms with E-state index in [9.17, 15) is 19.7 Å². The van der Waals surface area contributed by atoms with Crippen LogP contribution in [-0.4, -0.2) is 49.0 Å². The Morgan fingerprint density at radius 3 is 2.57 bits per heavy atom. The van der Waals surface area contributed by atoms with Gasteiger partial charge in [0.05, 0.1) is 18.6 Å². The Hall–Kier alpha value is -2.64. The van der Waals surface area contributed by atoms with Gasteiger partial charge in [0.1, 0.15) is 12.3 Å². The van der Waals surface area contributed by atoms with Crippen molar-refractivity contribution < 1.29 is 24.0 Å². The van der Waals surface area contributed by atoms with Gasteiger partial charge >= 0.3 is 5.97 Å². The quantitative estimate of drug-likeness (QED) is 0.445. The molecule has 0 radical (unpaired) electrons. The molecule has 0 N–H and O–H groups in total. The molecule has 0 aromatic heterocycles. The number of hydrogen-bond acceptors (Lipinski definition) is 6. The summed E-state index contributed by atoms with van der Waals surface area (Å²) >= 11 is 0.